The fourth-order valence-corrected chi connectivity index (χ4v) is 4.94. The van der Waals surface area contributed by atoms with Crippen LogP contribution in [0.3, 0.4) is 0 Å². The summed E-state index contributed by atoms with van der Waals surface area (Å²) < 4.78 is 0. The van der Waals surface area contributed by atoms with Gasteiger partial charge in [0, 0.05) is 44.1 Å². The lowest BCUT2D eigenvalue weighted by atomic mass is 9.73. The van der Waals surface area contributed by atoms with Gasteiger partial charge < -0.3 is 0 Å². The Morgan fingerprint density at radius 2 is 1.66 bits per heavy atom. The van der Waals surface area contributed by atoms with Crippen molar-refractivity contribution in [1.82, 2.24) is 10.0 Å². The van der Waals surface area contributed by atoms with Gasteiger partial charge in [-0.1, -0.05) is 65.7 Å². The van der Waals surface area contributed by atoms with Crippen molar-refractivity contribution in [2.24, 2.45) is 0 Å². The predicted octanol–water partition coefficient (Wildman–Crippen LogP) is 5.19. The van der Waals surface area contributed by atoms with Crippen molar-refractivity contribution in [2.45, 2.75) is 31.1 Å². The monoisotopic (exact) mass is 428 g/mol. The first-order chi connectivity index (χ1) is 13.9. The number of hydrogen-bond acceptors (Lipinski definition) is 3. The zero-order valence-electron chi connectivity index (χ0n) is 16.4. The number of benzene rings is 2. The van der Waals surface area contributed by atoms with Crippen LogP contribution in [-0.4, -0.2) is 35.8 Å². The Hall–Kier alpha value is -2.14. The van der Waals surface area contributed by atoms with Gasteiger partial charge in [-0.2, -0.15) is 0 Å². The van der Waals surface area contributed by atoms with Crippen LogP contribution in [0.5, 0.6) is 0 Å². The number of amides is 1. The minimum absolute atomic E-state index is 0.0451. The maximum absolute atomic E-state index is 13.4. The van der Waals surface area contributed by atoms with Gasteiger partial charge in [0.1, 0.15) is 0 Å². The van der Waals surface area contributed by atoms with Gasteiger partial charge in [0.25, 0.3) is 0 Å². The molecule has 6 heteroatoms. The molecule has 1 heterocycles. The molecule has 0 N–H and O–H groups in total. The van der Waals surface area contributed by atoms with Gasteiger partial charge >= 0.3 is 0 Å². The predicted molar refractivity (Wildman–Crippen MR) is 115 cm³/mol. The summed E-state index contributed by atoms with van der Waals surface area (Å²) in [7, 11) is 3.65. The summed E-state index contributed by atoms with van der Waals surface area (Å²) in [6.07, 6.45) is 1.25. The SMILES string of the molecule is CN(C)N1C(=O)C[C@H](c2cccc(Cl)c2Cl)C2=C1C[C@H](c1ccccc1)CC2=O. The Morgan fingerprint density at radius 1 is 0.931 bits per heavy atom. The summed E-state index contributed by atoms with van der Waals surface area (Å²) in [6, 6.07) is 15.4. The molecule has 0 bridgehead atoms. The number of halogens is 2. The molecule has 0 aromatic heterocycles. The fraction of sp³-hybridized carbons (Fsp3) is 0.304. The second kappa shape index (κ2) is 7.94. The standard InChI is InChI=1S/C23H22Cl2N2O2/c1-26(2)27-19-11-15(14-7-4-3-5-8-14)12-20(28)22(19)17(13-21(27)29)16-9-6-10-18(24)23(16)25/h3-10,15,17H,11-13H2,1-2H3/t15-,17+/m0/s1. The van der Waals surface area contributed by atoms with Crippen LogP contribution in [0.2, 0.25) is 10.0 Å². The highest BCUT2D eigenvalue weighted by Gasteiger charge is 2.43. The zero-order valence-corrected chi connectivity index (χ0v) is 17.9. The van der Waals surface area contributed by atoms with E-state index in [-0.39, 0.29) is 29.9 Å². The molecule has 0 fully saturated rings. The van der Waals surface area contributed by atoms with Crippen LogP contribution in [0.15, 0.2) is 59.8 Å². The van der Waals surface area contributed by atoms with Gasteiger partial charge in [0.2, 0.25) is 5.91 Å². The molecule has 0 radical (unpaired) electrons. The van der Waals surface area contributed by atoms with Gasteiger partial charge in [-0.3, -0.25) is 9.59 Å². The molecule has 2 atom stereocenters. The van der Waals surface area contributed by atoms with E-state index in [2.05, 4.69) is 0 Å². The Balaban J connectivity index is 1.85. The van der Waals surface area contributed by atoms with Crippen molar-refractivity contribution >= 4 is 34.9 Å². The first-order valence-corrected chi connectivity index (χ1v) is 10.4. The van der Waals surface area contributed by atoms with Crippen LogP contribution in [0.4, 0.5) is 0 Å². The molecule has 29 heavy (non-hydrogen) atoms. The molecular formula is C23H22Cl2N2O2. The minimum atomic E-state index is -0.371. The molecule has 4 rings (SSSR count). The van der Waals surface area contributed by atoms with E-state index in [1.54, 1.807) is 16.1 Å². The molecule has 1 aliphatic heterocycles. The molecule has 0 saturated heterocycles. The third-order valence-corrected chi connectivity index (χ3v) is 6.56. The van der Waals surface area contributed by atoms with Crippen molar-refractivity contribution in [2.75, 3.05) is 14.1 Å². The van der Waals surface area contributed by atoms with Gasteiger partial charge in [-0.25, -0.2) is 10.0 Å². The molecule has 1 amide bonds. The van der Waals surface area contributed by atoms with E-state index in [9.17, 15) is 9.59 Å². The first kappa shape index (κ1) is 20.1. The van der Waals surface area contributed by atoms with Crippen LogP contribution in [0, 0.1) is 0 Å². The second-order valence-electron chi connectivity index (χ2n) is 7.75. The highest BCUT2D eigenvalue weighted by atomic mass is 35.5. The van der Waals surface area contributed by atoms with E-state index >= 15 is 0 Å². The summed E-state index contributed by atoms with van der Waals surface area (Å²) >= 11 is 12.7. The maximum atomic E-state index is 13.4. The molecule has 2 aromatic rings. The minimum Gasteiger partial charge on any atom is -0.294 e. The highest BCUT2D eigenvalue weighted by Crippen LogP contribution is 2.47. The van der Waals surface area contributed by atoms with Crippen molar-refractivity contribution < 1.29 is 9.59 Å². The molecule has 2 aliphatic rings. The Kier molecular flexibility index (Phi) is 5.52. The van der Waals surface area contributed by atoms with Crippen molar-refractivity contribution in [1.29, 1.82) is 0 Å². The number of hydrogen-bond donors (Lipinski definition) is 0. The lowest BCUT2D eigenvalue weighted by Gasteiger charge is -2.42. The number of allylic oxidation sites excluding steroid dienone is 2. The molecular weight excluding hydrogens is 407 g/mol. The highest BCUT2D eigenvalue weighted by molar-refractivity contribution is 6.42. The van der Waals surface area contributed by atoms with Crippen molar-refractivity contribution in [3.8, 4) is 0 Å². The summed E-state index contributed by atoms with van der Waals surface area (Å²) in [6.45, 7) is 0. The summed E-state index contributed by atoms with van der Waals surface area (Å²) in [5.74, 6) is -0.299. The number of nitrogens with zero attached hydrogens (tertiary/aromatic N) is 2. The number of carbonyl (C=O) groups excluding carboxylic acids is 2. The lowest BCUT2D eigenvalue weighted by Crippen LogP contribution is -2.48. The van der Waals surface area contributed by atoms with Gasteiger partial charge in [0.05, 0.1) is 10.0 Å². The fourth-order valence-electron chi connectivity index (χ4n) is 4.50. The molecule has 4 nitrogen and oxygen atoms in total. The number of rotatable bonds is 3. The summed E-state index contributed by atoms with van der Waals surface area (Å²) in [4.78, 5) is 26.5. The van der Waals surface area contributed by atoms with Crippen LogP contribution in [0.25, 0.3) is 0 Å². The number of hydrazine groups is 1. The molecule has 0 spiro atoms. The van der Waals surface area contributed by atoms with Crippen molar-refractivity contribution in [3.63, 3.8) is 0 Å². The molecule has 0 saturated carbocycles. The third kappa shape index (κ3) is 3.61. The van der Waals surface area contributed by atoms with Gasteiger partial charge in [0.15, 0.2) is 5.78 Å². The van der Waals surface area contributed by atoms with E-state index in [1.165, 1.54) is 0 Å². The molecule has 0 unspecified atom stereocenters. The van der Waals surface area contributed by atoms with E-state index in [1.807, 2.05) is 56.6 Å². The molecule has 1 aliphatic carbocycles. The van der Waals surface area contributed by atoms with E-state index in [0.29, 0.717) is 28.5 Å². The molecule has 150 valence electrons. The zero-order chi connectivity index (χ0) is 20.7. The van der Waals surface area contributed by atoms with E-state index < -0.39 is 0 Å². The van der Waals surface area contributed by atoms with Crippen molar-refractivity contribution in [3.05, 3.63) is 81.0 Å². The average Bonchev–Trinajstić information content (AvgIpc) is 2.69. The van der Waals surface area contributed by atoms with Crippen LogP contribution >= 0.6 is 23.2 Å². The Bertz CT molecular complexity index is 1000. The lowest BCUT2D eigenvalue weighted by molar-refractivity contribution is -0.143. The Morgan fingerprint density at radius 3 is 2.34 bits per heavy atom. The summed E-state index contributed by atoms with van der Waals surface area (Å²) in [5.41, 5.74) is 3.32. The van der Waals surface area contributed by atoms with Gasteiger partial charge in [-0.15, -0.1) is 0 Å². The number of carbonyl (C=O) groups is 2. The second-order valence-corrected chi connectivity index (χ2v) is 8.54. The molecule has 2 aromatic carbocycles. The smallest absolute Gasteiger partial charge is 0.242 e. The normalized spacial score (nSPS) is 22.3. The summed E-state index contributed by atoms with van der Waals surface area (Å²) in [5, 5.41) is 4.25. The Labute approximate surface area is 180 Å². The third-order valence-electron chi connectivity index (χ3n) is 5.73. The van der Waals surface area contributed by atoms with E-state index in [0.717, 1.165) is 16.8 Å². The van der Waals surface area contributed by atoms with Crippen LogP contribution < -0.4 is 0 Å². The maximum Gasteiger partial charge on any atom is 0.242 e. The van der Waals surface area contributed by atoms with E-state index in [4.69, 9.17) is 23.2 Å². The topological polar surface area (TPSA) is 40.6 Å². The van der Waals surface area contributed by atoms with Gasteiger partial charge in [-0.05, 0) is 29.5 Å². The average molecular weight is 429 g/mol. The first-order valence-electron chi connectivity index (χ1n) is 9.63. The van der Waals surface area contributed by atoms with Crippen LogP contribution in [0.1, 0.15) is 42.2 Å². The van der Waals surface area contributed by atoms with Crippen LogP contribution in [-0.2, 0) is 9.59 Å². The number of ketones is 1. The number of Topliss-reactive ketones (excluding diaryl/α,β-unsaturated/α-hetero) is 1. The quantitative estimate of drug-likeness (QED) is 0.675. The largest absolute Gasteiger partial charge is 0.294 e.